The molecule has 7 heteroatoms. The Hall–Kier alpha value is -2.83. The number of halogens is 3. The molecule has 3 aromatic rings. The van der Waals surface area contributed by atoms with Gasteiger partial charge >= 0.3 is 6.18 Å². The summed E-state index contributed by atoms with van der Waals surface area (Å²) in [4.78, 5) is 16.4. The number of fused-ring (bicyclic) bond motifs is 1. The van der Waals surface area contributed by atoms with Gasteiger partial charge in [-0.2, -0.15) is 13.2 Å². The van der Waals surface area contributed by atoms with Gasteiger partial charge in [-0.3, -0.25) is 4.79 Å². The van der Waals surface area contributed by atoms with Crippen molar-refractivity contribution < 1.29 is 18.0 Å². The number of nitrogens with zero attached hydrogens (tertiary/aromatic N) is 2. The third-order valence-electron chi connectivity index (χ3n) is 3.57. The van der Waals surface area contributed by atoms with Crippen LogP contribution in [0.5, 0.6) is 0 Å². The zero-order valence-electron chi connectivity index (χ0n) is 12.8. The summed E-state index contributed by atoms with van der Waals surface area (Å²) in [5.74, 6) is -0.310. The number of hydrogen-bond donors (Lipinski definition) is 1. The summed E-state index contributed by atoms with van der Waals surface area (Å²) in [5, 5.41) is 2.61. The number of aromatic nitrogens is 2. The normalized spacial score (nSPS) is 11.7. The lowest BCUT2D eigenvalue weighted by atomic mass is 10.1. The number of aryl methyl sites for hydroxylation is 1. The molecule has 2 heterocycles. The van der Waals surface area contributed by atoms with Crippen molar-refractivity contribution in [3.8, 4) is 0 Å². The van der Waals surface area contributed by atoms with Crippen LogP contribution in [0.4, 0.5) is 18.9 Å². The fraction of sp³-hybridized carbons (Fsp3) is 0.176. The van der Waals surface area contributed by atoms with Crippen molar-refractivity contribution in [2.75, 3.05) is 5.32 Å². The maximum Gasteiger partial charge on any atom is 0.416 e. The topological polar surface area (TPSA) is 46.4 Å². The van der Waals surface area contributed by atoms with Gasteiger partial charge in [0.25, 0.3) is 0 Å². The molecule has 0 spiro atoms. The molecule has 1 aromatic carbocycles. The fourth-order valence-electron chi connectivity index (χ4n) is 2.49. The predicted octanol–water partition coefficient (Wildman–Crippen LogP) is 3.84. The lowest BCUT2D eigenvalue weighted by molar-refractivity contribution is -0.137. The average Bonchev–Trinajstić information content (AvgIpc) is 2.95. The van der Waals surface area contributed by atoms with Crippen LogP contribution in [-0.2, 0) is 17.4 Å². The number of carbonyl (C=O) groups excluding carboxylic acids is 1. The smallest absolute Gasteiger partial charge is 0.326 e. The van der Waals surface area contributed by atoms with Crippen molar-refractivity contribution in [1.82, 2.24) is 9.38 Å². The third-order valence-corrected chi connectivity index (χ3v) is 3.57. The van der Waals surface area contributed by atoms with Crippen molar-refractivity contribution in [2.45, 2.75) is 19.5 Å². The molecule has 0 unspecified atom stereocenters. The highest BCUT2D eigenvalue weighted by molar-refractivity contribution is 5.92. The van der Waals surface area contributed by atoms with E-state index in [4.69, 9.17) is 0 Å². The Kier molecular flexibility index (Phi) is 4.01. The maximum absolute atomic E-state index is 12.5. The van der Waals surface area contributed by atoms with Crippen LogP contribution in [0.1, 0.15) is 16.8 Å². The summed E-state index contributed by atoms with van der Waals surface area (Å²) in [5.41, 5.74) is 2.05. The molecule has 0 bridgehead atoms. The predicted molar refractivity (Wildman–Crippen MR) is 83.7 cm³/mol. The van der Waals surface area contributed by atoms with Gasteiger partial charge in [-0.1, -0.05) is 0 Å². The Morgan fingerprint density at radius 2 is 1.92 bits per heavy atom. The van der Waals surface area contributed by atoms with Crippen molar-refractivity contribution in [3.05, 3.63) is 65.6 Å². The number of nitrogens with one attached hydrogen (secondary N) is 1. The molecule has 2 aromatic heterocycles. The summed E-state index contributed by atoms with van der Waals surface area (Å²) in [6.45, 7) is 1.91. The summed E-state index contributed by atoms with van der Waals surface area (Å²) >= 11 is 0. The van der Waals surface area contributed by atoms with Gasteiger partial charge in [0.2, 0.25) is 5.91 Å². The van der Waals surface area contributed by atoms with Gasteiger partial charge in [0.15, 0.2) is 0 Å². The molecule has 0 fully saturated rings. The van der Waals surface area contributed by atoms with E-state index in [1.807, 2.05) is 19.1 Å². The van der Waals surface area contributed by atoms with E-state index in [0.717, 1.165) is 29.0 Å². The molecule has 0 aliphatic rings. The molecule has 1 amide bonds. The second kappa shape index (κ2) is 5.99. The molecule has 1 N–H and O–H groups in total. The Morgan fingerprint density at radius 3 is 2.58 bits per heavy atom. The molecule has 0 atom stereocenters. The highest BCUT2D eigenvalue weighted by atomic mass is 19.4. The Bertz CT molecular complexity index is 882. The molecular formula is C17H14F3N3O. The molecule has 0 aliphatic heterocycles. The molecule has 0 saturated carbocycles. The minimum Gasteiger partial charge on any atom is -0.326 e. The van der Waals surface area contributed by atoms with E-state index in [-0.39, 0.29) is 12.3 Å². The number of rotatable bonds is 3. The van der Waals surface area contributed by atoms with Gasteiger partial charge in [-0.25, -0.2) is 4.98 Å². The largest absolute Gasteiger partial charge is 0.416 e. The maximum atomic E-state index is 12.5. The van der Waals surface area contributed by atoms with Crippen LogP contribution < -0.4 is 5.32 Å². The molecular weight excluding hydrogens is 319 g/mol. The lowest BCUT2D eigenvalue weighted by Gasteiger charge is -2.10. The minimum absolute atomic E-state index is 0.0928. The standard InChI is InChI=1S/C17H14F3N3O/c1-11-8-14(23-7-6-21-15(23)9-11)10-16(24)22-13-4-2-12(3-5-13)17(18,19)20/h2-9H,10H2,1H3,(H,22,24). The van der Waals surface area contributed by atoms with Crippen molar-refractivity contribution in [1.29, 1.82) is 0 Å². The van der Waals surface area contributed by atoms with Crippen LogP contribution in [-0.4, -0.2) is 15.3 Å². The van der Waals surface area contributed by atoms with Crippen LogP contribution in [0.2, 0.25) is 0 Å². The second-order valence-electron chi connectivity index (χ2n) is 5.48. The molecule has 0 aliphatic carbocycles. The van der Waals surface area contributed by atoms with Gasteiger partial charge in [-0.15, -0.1) is 0 Å². The van der Waals surface area contributed by atoms with Gasteiger partial charge in [0, 0.05) is 23.8 Å². The molecule has 4 nitrogen and oxygen atoms in total. The number of pyridine rings is 1. The number of imidazole rings is 1. The van der Waals surface area contributed by atoms with E-state index in [2.05, 4.69) is 10.3 Å². The molecule has 0 saturated heterocycles. The zero-order valence-corrected chi connectivity index (χ0v) is 12.8. The van der Waals surface area contributed by atoms with Crippen molar-refractivity contribution in [3.63, 3.8) is 0 Å². The van der Waals surface area contributed by atoms with E-state index in [1.165, 1.54) is 12.1 Å². The first-order valence-electron chi connectivity index (χ1n) is 7.22. The molecule has 0 radical (unpaired) electrons. The van der Waals surface area contributed by atoms with Crippen LogP contribution in [0.25, 0.3) is 5.65 Å². The Morgan fingerprint density at radius 1 is 1.21 bits per heavy atom. The third kappa shape index (κ3) is 3.40. The monoisotopic (exact) mass is 333 g/mol. The first kappa shape index (κ1) is 16.0. The van der Waals surface area contributed by atoms with Crippen molar-refractivity contribution >= 4 is 17.2 Å². The minimum atomic E-state index is -4.39. The van der Waals surface area contributed by atoms with Crippen LogP contribution in [0.3, 0.4) is 0 Å². The second-order valence-corrected chi connectivity index (χ2v) is 5.48. The van der Waals surface area contributed by atoms with E-state index in [9.17, 15) is 18.0 Å². The number of hydrogen-bond acceptors (Lipinski definition) is 2. The first-order chi connectivity index (χ1) is 11.3. The molecule has 24 heavy (non-hydrogen) atoms. The number of anilines is 1. The van der Waals surface area contributed by atoms with Gasteiger partial charge in [0.1, 0.15) is 5.65 Å². The van der Waals surface area contributed by atoms with E-state index in [1.54, 1.807) is 16.8 Å². The van der Waals surface area contributed by atoms with E-state index >= 15 is 0 Å². The summed E-state index contributed by atoms with van der Waals surface area (Å²) in [6, 6.07) is 8.14. The highest BCUT2D eigenvalue weighted by Gasteiger charge is 2.29. The molecule has 124 valence electrons. The summed E-state index contributed by atoms with van der Waals surface area (Å²) in [6.07, 6.45) is -0.895. The SMILES string of the molecule is Cc1cc(CC(=O)Nc2ccc(C(F)(F)F)cc2)n2ccnc2c1. The number of amides is 1. The quantitative estimate of drug-likeness (QED) is 0.791. The van der Waals surface area contributed by atoms with E-state index in [0.29, 0.717) is 5.69 Å². The Labute approximate surface area is 135 Å². The number of carbonyl (C=O) groups is 1. The lowest BCUT2D eigenvalue weighted by Crippen LogP contribution is -2.16. The summed E-state index contributed by atoms with van der Waals surface area (Å²) < 4.78 is 39.4. The fourth-order valence-corrected chi connectivity index (χ4v) is 2.49. The molecule has 3 rings (SSSR count). The first-order valence-corrected chi connectivity index (χ1v) is 7.22. The van der Waals surface area contributed by atoms with Gasteiger partial charge in [0.05, 0.1) is 12.0 Å². The van der Waals surface area contributed by atoms with Crippen LogP contribution >= 0.6 is 0 Å². The van der Waals surface area contributed by atoms with E-state index < -0.39 is 11.7 Å². The average molecular weight is 333 g/mol. The number of alkyl halides is 3. The van der Waals surface area contributed by atoms with Gasteiger partial charge in [-0.05, 0) is 48.9 Å². The van der Waals surface area contributed by atoms with Crippen molar-refractivity contribution in [2.24, 2.45) is 0 Å². The van der Waals surface area contributed by atoms with Gasteiger partial charge < -0.3 is 9.72 Å². The zero-order chi connectivity index (χ0) is 17.3. The van der Waals surface area contributed by atoms with Crippen LogP contribution in [0, 0.1) is 6.92 Å². The highest BCUT2D eigenvalue weighted by Crippen LogP contribution is 2.29. The number of benzene rings is 1. The Balaban J connectivity index is 1.74. The summed E-state index contributed by atoms with van der Waals surface area (Å²) in [7, 11) is 0. The van der Waals surface area contributed by atoms with Crippen LogP contribution in [0.15, 0.2) is 48.8 Å².